The van der Waals surface area contributed by atoms with Crippen LogP contribution in [0, 0.1) is 18.3 Å². The lowest BCUT2D eigenvalue weighted by Gasteiger charge is -1.94. The summed E-state index contributed by atoms with van der Waals surface area (Å²) in [7, 11) is 0. The van der Waals surface area contributed by atoms with Gasteiger partial charge in [-0.25, -0.2) is 4.79 Å². The lowest BCUT2D eigenvalue weighted by Crippen LogP contribution is -1.97. The molecule has 0 N–H and O–H groups in total. The first-order valence-corrected chi connectivity index (χ1v) is 6.37. The molecule has 1 aromatic carbocycles. The van der Waals surface area contributed by atoms with Gasteiger partial charge in [-0.3, -0.25) is 0 Å². The van der Waals surface area contributed by atoms with Crippen LogP contribution in [0.4, 0.5) is 0 Å². The highest BCUT2D eigenvalue weighted by atomic mass is 32.1. The summed E-state index contributed by atoms with van der Waals surface area (Å²) in [5.74, 6) is -0.469. The molecule has 0 aliphatic carbocycles. The van der Waals surface area contributed by atoms with E-state index in [2.05, 4.69) is 5.16 Å². The summed E-state index contributed by atoms with van der Waals surface area (Å²) in [6.45, 7) is 1.91. The average molecular weight is 270 g/mol. The fourth-order valence-corrected chi connectivity index (χ4v) is 2.13. The fraction of sp³-hybridized carbons (Fsp3) is 0.0714. The summed E-state index contributed by atoms with van der Waals surface area (Å²) < 4.78 is 0. The number of nitrogens with zero attached hydrogens (tertiary/aromatic N) is 2. The first-order chi connectivity index (χ1) is 9.19. The third-order valence-electron chi connectivity index (χ3n) is 2.31. The van der Waals surface area contributed by atoms with E-state index in [-0.39, 0.29) is 0 Å². The number of aryl methyl sites for hydroxylation is 1. The average Bonchev–Trinajstić information content (AvgIpc) is 2.86. The Morgan fingerprint density at radius 2 is 2.16 bits per heavy atom. The van der Waals surface area contributed by atoms with Crippen LogP contribution in [0.5, 0.6) is 0 Å². The first-order valence-electron chi connectivity index (χ1n) is 5.49. The van der Waals surface area contributed by atoms with Crippen LogP contribution in [0.15, 0.2) is 40.9 Å². The Morgan fingerprint density at radius 1 is 1.42 bits per heavy atom. The van der Waals surface area contributed by atoms with Crippen molar-refractivity contribution in [3.8, 4) is 6.07 Å². The first kappa shape index (κ1) is 13.0. The molecule has 0 fully saturated rings. The number of benzene rings is 1. The zero-order chi connectivity index (χ0) is 13.7. The van der Waals surface area contributed by atoms with Gasteiger partial charge in [0.15, 0.2) is 0 Å². The van der Waals surface area contributed by atoms with E-state index in [1.165, 1.54) is 17.6 Å². The summed E-state index contributed by atoms with van der Waals surface area (Å²) in [6.07, 6.45) is 1.43. The van der Waals surface area contributed by atoms with Crippen LogP contribution in [0.1, 0.15) is 26.4 Å². The summed E-state index contributed by atoms with van der Waals surface area (Å²) >= 11 is 1.32. The van der Waals surface area contributed by atoms with Crippen molar-refractivity contribution in [1.29, 1.82) is 5.26 Å². The zero-order valence-corrected chi connectivity index (χ0v) is 11.0. The molecule has 0 saturated heterocycles. The van der Waals surface area contributed by atoms with E-state index in [1.54, 1.807) is 30.3 Å². The minimum absolute atomic E-state index is 0.469. The Balaban J connectivity index is 1.96. The molecule has 0 saturated carbocycles. The summed E-state index contributed by atoms with van der Waals surface area (Å²) in [6, 6.07) is 10.6. The minimum atomic E-state index is -0.469. The third-order valence-corrected chi connectivity index (χ3v) is 3.34. The Hall–Kier alpha value is -2.45. The van der Waals surface area contributed by atoms with Gasteiger partial charge in [0.25, 0.3) is 0 Å². The Kier molecular flexibility index (Phi) is 4.06. The number of nitriles is 1. The van der Waals surface area contributed by atoms with E-state index in [1.807, 2.05) is 18.4 Å². The molecule has 0 bridgehead atoms. The van der Waals surface area contributed by atoms with Gasteiger partial charge in [0.1, 0.15) is 4.88 Å². The molecule has 0 radical (unpaired) electrons. The van der Waals surface area contributed by atoms with E-state index < -0.39 is 5.97 Å². The van der Waals surface area contributed by atoms with Crippen molar-refractivity contribution in [2.45, 2.75) is 6.92 Å². The van der Waals surface area contributed by atoms with Gasteiger partial charge in [0, 0.05) is 0 Å². The molecule has 94 valence electrons. The van der Waals surface area contributed by atoms with E-state index in [0.717, 1.165) is 11.1 Å². The Morgan fingerprint density at radius 3 is 2.74 bits per heavy atom. The summed E-state index contributed by atoms with van der Waals surface area (Å²) in [5, 5.41) is 14.2. The normalized spacial score (nSPS) is 10.3. The van der Waals surface area contributed by atoms with Crippen LogP contribution in [0.2, 0.25) is 0 Å². The number of oxime groups is 1. The van der Waals surface area contributed by atoms with E-state index >= 15 is 0 Å². The highest BCUT2D eigenvalue weighted by molar-refractivity contribution is 7.12. The van der Waals surface area contributed by atoms with Gasteiger partial charge in [0.05, 0.1) is 17.8 Å². The van der Waals surface area contributed by atoms with Crippen LogP contribution in [-0.4, -0.2) is 12.2 Å². The lowest BCUT2D eigenvalue weighted by molar-refractivity contribution is 0.0525. The van der Waals surface area contributed by atoms with Crippen molar-refractivity contribution in [2.24, 2.45) is 5.16 Å². The van der Waals surface area contributed by atoms with Gasteiger partial charge >= 0.3 is 5.97 Å². The van der Waals surface area contributed by atoms with Crippen LogP contribution >= 0.6 is 11.3 Å². The van der Waals surface area contributed by atoms with Crippen LogP contribution in [0.3, 0.4) is 0 Å². The quantitative estimate of drug-likeness (QED) is 0.489. The van der Waals surface area contributed by atoms with Crippen molar-refractivity contribution >= 4 is 23.5 Å². The van der Waals surface area contributed by atoms with Crippen LogP contribution < -0.4 is 0 Å². The topological polar surface area (TPSA) is 62.4 Å². The highest BCUT2D eigenvalue weighted by Crippen LogP contribution is 2.14. The van der Waals surface area contributed by atoms with Crippen molar-refractivity contribution in [2.75, 3.05) is 0 Å². The number of hydrogen-bond donors (Lipinski definition) is 0. The van der Waals surface area contributed by atoms with Gasteiger partial charge < -0.3 is 4.84 Å². The Labute approximate surface area is 114 Å². The Bertz CT molecular complexity index is 651. The molecule has 2 aromatic rings. The van der Waals surface area contributed by atoms with Crippen molar-refractivity contribution in [1.82, 2.24) is 0 Å². The van der Waals surface area contributed by atoms with Crippen LogP contribution in [-0.2, 0) is 4.84 Å². The number of rotatable bonds is 3. The van der Waals surface area contributed by atoms with Crippen molar-refractivity contribution < 1.29 is 9.63 Å². The highest BCUT2D eigenvalue weighted by Gasteiger charge is 2.08. The monoisotopic (exact) mass is 270 g/mol. The minimum Gasteiger partial charge on any atom is -0.312 e. The van der Waals surface area contributed by atoms with Crippen molar-refractivity contribution in [3.63, 3.8) is 0 Å². The maximum atomic E-state index is 11.6. The standard InChI is InChI=1S/C14H10N2O2S/c1-10-6-13(19-9-10)14(17)18-16-8-12-4-2-11(7-15)3-5-12/h2-6,8-9H,1H3. The molecular formula is C14H10N2O2S. The number of thiophene rings is 1. The lowest BCUT2D eigenvalue weighted by atomic mass is 10.2. The molecule has 1 heterocycles. The van der Waals surface area contributed by atoms with Crippen molar-refractivity contribution in [3.05, 3.63) is 57.3 Å². The van der Waals surface area contributed by atoms with Gasteiger partial charge in [-0.1, -0.05) is 17.3 Å². The predicted octanol–water partition coefficient (Wildman–Crippen LogP) is 3.12. The van der Waals surface area contributed by atoms with E-state index in [4.69, 9.17) is 10.1 Å². The maximum absolute atomic E-state index is 11.6. The molecule has 0 atom stereocenters. The second kappa shape index (κ2) is 5.94. The molecule has 0 aliphatic rings. The molecule has 0 amide bonds. The molecule has 1 aromatic heterocycles. The number of carbonyl (C=O) groups is 1. The predicted molar refractivity (Wildman–Crippen MR) is 73.2 cm³/mol. The molecule has 2 rings (SSSR count). The van der Waals surface area contributed by atoms with Crippen LogP contribution in [0.25, 0.3) is 0 Å². The number of hydrogen-bond acceptors (Lipinski definition) is 5. The summed E-state index contributed by atoms with van der Waals surface area (Å²) in [4.78, 5) is 16.9. The molecule has 5 heteroatoms. The van der Waals surface area contributed by atoms with Gasteiger partial charge in [0.2, 0.25) is 0 Å². The van der Waals surface area contributed by atoms with Gasteiger partial charge in [-0.2, -0.15) is 5.26 Å². The molecular weight excluding hydrogens is 260 g/mol. The SMILES string of the molecule is Cc1csc(C(=O)ON=Cc2ccc(C#N)cc2)c1. The molecule has 4 nitrogen and oxygen atoms in total. The second-order valence-corrected chi connectivity index (χ2v) is 4.75. The smallest absolute Gasteiger partial charge is 0.312 e. The molecule has 19 heavy (non-hydrogen) atoms. The van der Waals surface area contributed by atoms with E-state index in [9.17, 15) is 4.79 Å². The molecule has 0 aliphatic heterocycles. The zero-order valence-electron chi connectivity index (χ0n) is 10.2. The fourth-order valence-electron chi connectivity index (χ4n) is 1.36. The third kappa shape index (κ3) is 3.50. The van der Waals surface area contributed by atoms with Gasteiger partial charge in [-0.05, 0) is 41.6 Å². The van der Waals surface area contributed by atoms with E-state index in [0.29, 0.717) is 10.4 Å². The second-order valence-electron chi connectivity index (χ2n) is 3.84. The maximum Gasteiger partial charge on any atom is 0.375 e. The summed E-state index contributed by atoms with van der Waals surface area (Å²) in [5.41, 5.74) is 2.35. The van der Waals surface area contributed by atoms with Gasteiger partial charge in [-0.15, -0.1) is 11.3 Å². The molecule has 0 spiro atoms. The largest absolute Gasteiger partial charge is 0.375 e. The number of carbonyl (C=O) groups excluding carboxylic acids is 1. The molecule has 0 unspecified atom stereocenters.